The maximum absolute atomic E-state index is 12.0. The standard InChI is InChI=1S/C21H26ClN3O4/c1-14-5-7-17(8-6-14)13-25-20(22)18(15(2)24-25)9-10-19(26)29-16(3)21(27)23-11-12-28-4/h5-10,16H,11-13H2,1-4H3,(H,23,27)/b10-9+/t16-/m1/s1. The van der Waals surface area contributed by atoms with Crippen molar-refractivity contribution in [2.24, 2.45) is 0 Å². The quantitative estimate of drug-likeness (QED) is 0.384. The van der Waals surface area contributed by atoms with E-state index in [1.54, 1.807) is 10.8 Å². The van der Waals surface area contributed by atoms with E-state index in [4.69, 9.17) is 21.1 Å². The van der Waals surface area contributed by atoms with Gasteiger partial charge in [-0.3, -0.25) is 4.79 Å². The molecule has 0 aliphatic rings. The Morgan fingerprint density at radius 2 is 1.97 bits per heavy atom. The summed E-state index contributed by atoms with van der Waals surface area (Å²) < 4.78 is 11.6. The van der Waals surface area contributed by atoms with Gasteiger partial charge in [-0.05, 0) is 32.4 Å². The molecule has 2 rings (SSSR count). The summed E-state index contributed by atoms with van der Waals surface area (Å²) >= 11 is 6.44. The lowest BCUT2D eigenvalue weighted by molar-refractivity contribution is -0.150. The molecule has 0 saturated carbocycles. The Balaban J connectivity index is 1.99. The molecule has 7 nitrogen and oxygen atoms in total. The van der Waals surface area contributed by atoms with E-state index in [9.17, 15) is 9.59 Å². The van der Waals surface area contributed by atoms with Crippen LogP contribution < -0.4 is 5.32 Å². The van der Waals surface area contributed by atoms with Gasteiger partial charge in [-0.1, -0.05) is 41.4 Å². The maximum atomic E-state index is 12.0. The van der Waals surface area contributed by atoms with Crippen LogP contribution in [0.1, 0.15) is 29.3 Å². The highest BCUT2D eigenvalue weighted by atomic mass is 35.5. The first kappa shape index (κ1) is 22.6. The fraction of sp³-hybridized carbons (Fsp3) is 0.381. The van der Waals surface area contributed by atoms with Gasteiger partial charge in [-0.2, -0.15) is 5.10 Å². The molecule has 1 aromatic heterocycles. The summed E-state index contributed by atoms with van der Waals surface area (Å²) in [7, 11) is 1.54. The Morgan fingerprint density at radius 1 is 1.28 bits per heavy atom. The average molecular weight is 420 g/mol. The number of hydrogen-bond acceptors (Lipinski definition) is 5. The van der Waals surface area contributed by atoms with Crippen LogP contribution in [0.4, 0.5) is 0 Å². The summed E-state index contributed by atoms with van der Waals surface area (Å²) in [4.78, 5) is 23.9. The molecule has 0 aliphatic carbocycles. The fourth-order valence-corrected chi connectivity index (χ4v) is 2.86. The lowest BCUT2D eigenvalue weighted by Crippen LogP contribution is -2.37. The lowest BCUT2D eigenvalue weighted by atomic mass is 10.1. The molecule has 156 valence electrons. The minimum absolute atomic E-state index is 0.349. The molecule has 1 atom stereocenters. The topological polar surface area (TPSA) is 82.4 Å². The van der Waals surface area contributed by atoms with E-state index in [1.807, 2.05) is 38.1 Å². The first-order chi connectivity index (χ1) is 13.8. The molecule has 0 aliphatic heterocycles. The fourth-order valence-electron chi connectivity index (χ4n) is 2.57. The van der Waals surface area contributed by atoms with Crippen LogP contribution >= 0.6 is 11.6 Å². The van der Waals surface area contributed by atoms with Crippen LogP contribution in [0.5, 0.6) is 0 Å². The Morgan fingerprint density at radius 3 is 2.62 bits per heavy atom. The normalized spacial score (nSPS) is 12.2. The number of ether oxygens (including phenoxy) is 2. The zero-order valence-electron chi connectivity index (χ0n) is 17.1. The van der Waals surface area contributed by atoms with Crippen LogP contribution in [0.15, 0.2) is 30.3 Å². The number of halogens is 1. The number of carbonyl (C=O) groups is 2. The van der Waals surface area contributed by atoms with Gasteiger partial charge in [-0.25, -0.2) is 9.48 Å². The summed E-state index contributed by atoms with van der Waals surface area (Å²) in [5, 5.41) is 7.48. The average Bonchev–Trinajstić information content (AvgIpc) is 2.94. The lowest BCUT2D eigenvalue weighted by Gasteiger charge is -2.11. The van der Waals surface area contributed by atoms with Gasteiger partial charge in [-0.15, -0.1) is 0 Å². The number of rotatable bonds is 9. The van der Waals surface area contributed by atoms with Crippen LogP contribution in [0.25, 0.3) is 6.08 Å². The van der Waals surface area contributed by atoms with Crippen LogP contribution in [0.2, 0.25) is 5.15 Å². The minimum Gasteiger partial charge on any atom is -0.449 e. The number of aromatic nitrogens is 2. The minimum atomic E-state index is -0.912. The van der Waals surface area contributed by atoms with Gasteiger partial charge >= 0.3 is 5.97 Å². The summed E-state index contributed by atoms with van der Waals surface area (Å²) in [6.07, 6.45) is 1.88. The van der Waals surface area contributed by atoms with Crippen molar-refractivity contribution in [3.05, 3.63) is 57.9 Å². The molecule has 0 unspecified atom stereocenters. The van der Waals surface area contributed by atoms with Crippen LogP contribution in [-0.4, -0.2) is 48.0 Å². The number of hydrogen-bond donors (Lipinski definition) is 1. The van der Waals surface area contributed by atoms with Gasteiger partial charge in [0.1, 0.15) is 5.15 Å². The zero-order valence-corrected chi connectivity index (χ0v) is 17.8. The number of esters is 1. The first-order valence-electron chi connectivity index (χ1n) is 9.25. The first-order valence-corrected chi connectivity index (χ1v) is 9.63. The molecular formula is C21H26ClN3O4. The molecule has 1 heterocycles. The monoisotopic (exact) mass is 419 g/mol. The Labute approximate surface area is 175 Å². The van der Waals surface area contributed by atoms with Gasteiger partial charge < -0.3 is 14.8 Å². The largest absolute Gasteiger partial charge is 0.449 e. The second-order valence-corrected chi connectivity index (χ2v) is 6.99. The van der Waals surface area contributed by atoms with Crippen molar-refractivity contribution >= 4 is 29.6 Å². The number of aryl methyl sites for hydroxylation is 2. The van der Waals surface area contributed by atoms with Gasteiger partial charge in [0.25, 0.3) is 5.91 Å². The van der Waals surface area contributed by atoms with Gasteiger partial charge in [0.15, 0.2) is 6.10 Å². The number of methoxy groups -OCH3 is 1. The molecule has 2 aromatic rings. The van der Waals surface area contributed by atoms with Crippen molar-refractivity contribution in [3.8, 4) is 0 Å². The number of amides is 1. The van der Waals surface area contributed by atoms with Gasteiger partial charge in [0.05, 0.1) is 18.8 Å². The predicted octanol–water partition coefficient (Wildman–Crippen LogP) is 2.91. The molecule has 0 radical (unpaired) electrons. The smallest absolute Gasteiger partial charge is 0.331 e. The molecule has 1 aromatic carbocycles. The van der Waals surface area contributed by atoms with E-state index in [-0.39, 0.29) is 5.91 Å². The SMILES string of the molecule is COCCNC(=O)[C@@H](C)OC(=O)/C=C/c1c(C)nn(Cc2ccc(C)cc2)c1Cl. The van der Waals surface area contributed by atoms with Crippen molar-refractivity contribution in [1.82, 2.24) is 15.1 Å². The van der Waals surface area contributed by atoms with Crippen molar-refractivity contribution in [2.75, 3.05) is 20.3 Å². The third-order valence-electron chi connectivity index (χ3n) is 4.22. The van der Waals surface area contributed by atoms with Gasteiger partial charge in [0, 0.05) is 25.3 Å². The second kappa shape index (κ2) is 10.8. The summed E-state index contributed by atoms with van der Waals surface area (Å²) in [6.45, 7) is 6.61. The Hall–Kier alpha value is -2.64. The van der Waals surface area contributed by atoms with Crippen LogP contribution in [0, 0.1) is 13.8 Å². The summed E-state index contributed by atoms with van der Waals surface area (Å²) in [5.74, 6) is -1.02. The number of carbonyl (C=O) groups excluding carboxylic acids is 2. The summed E-state index contributed by atoms with van der Waals surface area (Å²) in [5.41, 5.74) is 3.58. The van der Waals surface area contributed by atoms with Gasteiger partial charge in [0.2, 0.25) is 0 Å². The van der Waals surface area contributed by atoms with Crippen molar-refractivity contribution in [1.29, 1.82) is 0 Å². The highest BCUT2D eigenvalue weighted by Crippen LogP contribution is 2.22. The molecule has 1 amide bonds. The van der Waals surface area contributed by atoms with E-state index < -0.39 is 12.1 Å². The second-order valence-electron chi connectivity index (χ2n) is 6.63. The highest BCUT2D eigenvalue weighted by Gasteiger charge is 2.17. The zero-order chi connectivity index (χ0) is 21.4. The van der Waals surface area contributed by atoms with Crippen LogP contribution in [-0.2, 0) is 25.6 Å². The molecule has 0 bridgehead atoms. The third-order valence-corrected chi connectivity index (χ3v) is 4.61. The Kier molecular flexibility index (Phi) is 8.42. The number of nitrogens with one attached hydrogen (secondary N) is 1. The van der Waals surface area contributed by atoms with Crippen molar-refractivity contribution in [3.63, 3.8) is 0 Å². The van der Waals surface area contributed by atoms with E-state index in [0.717, 1.165) is 5.56 Å². The highest BCUT2D eigenvalue weighted by molar-refractivity contribution is 6.31. The van der Waals surface area contributed by atoms with E-state index >= 15 is 0 Å². The molecule has 29 heavy (non-hydrogen) atoms. The van der Waals surface area contributed by atoms with Crippen molar-refractivity contribution in [2.45, 2.75) is 33.4 Å². The third kappa shape index (κ3) is 6.73. The Bertz CT molecular complexity index is 875. The molecule has 1 N–H and O–H groups in total. The maximum Gasteiger partial charge on any atom is 0.331 e. The number of benzene rings is 1. The predicted molar refractivity (Wildman–Crippen MR) is 112 cm³/mol. The number of nitrogens with zero attached hydrogens (tertiary/aromatic N) is 2. The van der Waals surface area contributed by atoms with E-state index in [2.05, 4.69) is 10.4 Å². The molecule has 0 fully saturated rings. The molecule has 8 heteroatoms. The van der Waals surface area contributed by atoms with Crippen LogP contribution in [0.3, 0.4) is 0 Å². The molecule has 0 saturated heterocycles. The molecule has 0 spiro atoms. The summed E-state index contributed by atoms with van der Waals surface area (Å²) in [6, 6.07) is 8.11. The molecular weight excluding hydrogens is 394 g/mol. The van der Waals surface area contributed by atoms with Crippen molar-refractivity contribution < 1.29 is 19.1 Å². The van der Waals surface area contributed by atoms with E-state index in [0.29, 0.717) is 36.1 Å². The van der Waals surface area contributed by atoms with E-state index in [1.165, 1.54) is 25.7 Å².